The van der Waals surface area contributed by atoms with Crippen LogP contribution in [0.2, 0.25) is 0 Å². The van der Waals surface area contributed by atoms with E-state index in [2.05, 4.69) is 70.5 Å². The Morgan fingerprint density at radius 3 is 2.40 bits per heavy atom. The van der Waals surface area contributed by atoms with Crippen LogP contribution in [0.15, 0.2) is 59.1 Å². The van der Waals surface area contributed by atoms with Crippen LogP contribution in [0.3, 0.4) is 0 Å². The van der Waals surface area contributed by atoms with E-state index in [4.69, 9.17) is 0 Å². The highest BCUT2D eigenvalue weighted by atomic mass is 79.9. The van der Waals surface area contributed by atoms with Crippen molar-refractivity contribution in [2.24, 2.45) is 0 Å². The Morgan fingerprint density at radius 1 is 0.800 bits per heavy atom. The fourth-order valence-electron chi connectivity index (χ4n) is 3.92. The standard InChI is InChI=1S/C19H13Br/c20-13-7-8-14-15-5-1-3-12-4-2-6-16(18(12)15)19(9-10-19)17(14)11-13/h1-8,11H,9-10H2. The first-order chi connectivity index (χ1) is 9.79. The van der Waals surface area contributed by atoms with E-state index < -0.39 is 0 Å². The van der Waals surface area contributed by atoms with Crippen molar-refractivity contribution < 1.29 is 0 Å². The molecular weight excluding hydrogens is 308 g/mol. The van der Waals surface area contributed by atoms with Gasteiger partial charge in [0.05, 0.1) is 0 Å². The minimum absolute atomic E-state index is 0.285. The lowest BCUT2D eigenvalue weighted by atomic mass is 9.75. The molecule has 2 aliphatic rings. The van der Waals surface area contributed by atoms with Gasteiger partial charge in [0.25, 0.3) is 0 Å². The summed E-state index contributed by atoms with van der Waals surface area (Å²) >= 11 is 3.65. The largest absolute Gasteiger partial charge is 0.0613 e. The molecular formula is C19H13Br. The molecule has 3 aromatic carbocycles. The third-order valence-electron chi connectivity index (χ3n) is 4.96. The maximum Gasteiger partial charge on any atom is 0.0216 e. The van der Waals surface area contributed by atoms with Crippen LogP contribution in [0.5, 0.6) is 0 Å². The summed E-state index contributed by atoms with van der Waals surface area (Å²) < 4.78 is 1.19. The van der Waals surface area contributed by atoms with Gasteiger partial charge in [0.1, 0.15) is 0 Å². The van der Waals surface area contributed by atoms with E-state index in [1.165, 1.54) is 50.3 Å². The first kappa shape index (κ1) is 11.1. The zero-order valence-electron chi connectivity index (χ0n) is 11.0. The summed E-state index contributed by atoms with van der Waals surface area (Å²) in [6.07, 6.45) is 2.56. The average molecular weight is 321 g/mol. The second-order valence-electron chi connectivity index (χ2n) is 5.98. The van der Waals surface area contributed by atoms with Gasteiger partial charge >= 0.3 is 0 Å². The topological polar surface area (TPSA) is 0 Å². The van der Waals surface area contributed by atoms with Crippen LogP contribution in [0.25, 0.3) is 21.9 Å². The third kappa shape index (κ3) is 1.22. The molecule has 0 unspecified atom stereocenters. The van der Waals surface area contributed by atoms with Gasteiger partial charge in [-0.2, -0.15) is 0 Å². The van der Waals surface area contributed by atoms with Crippen molar-refractivity contribution in [3.63, 3.8) is 0 Å². The minimum Gasteiger partial charge on any atom is -0.0613 e. The molecule has 0 atom stereocenters. The SMILES string of the molecule is Brc1ccc2c(c1)C1(CC1)c1cccc3cccc-2c13. The maximum absolute atomic E-state index is 3.65. The monoisotopic (exact) mass is 320 g/mol. The Morgan fingerprint density at radius 2 is 1.60 bits per heavy atom. The molecule has 0 radical (unpaired) electrons. The number of fused-ring (bicyclic) bond motifs is 4. The summed E-state index contributed by atoms with van der Waals surface area (Å²) in [5, 5.41) is 2.85. The van der Waals surface area contributed by atoms with E-state index in [-0.39, 0.29) is 5.41 Å². The minimum atomic E-state index is 0.285. The second kappa shape index (κ2) is 3.53. The molecule has 1 fully saturated rings. The van der Waals surface area contributed by atoms with E-state index in [0.29, 0.717) is 0 Å². The normalized spacial score (nSPS) is 17.2. The molecule has 1 saturated carbocycles. The van der Waals surface area contributed by atoms with Crippen LogP contribution in [0.4, 0.5) is 0 Å². The van der Waals surface area contributed by atoms with Crippen molar-refractivity contribution >= 4 is 26.7 Å². The van der Waals surface area contributed by atoms with Crippen molar-refractivity contribution in [1.82, 2.24) is 0 Å². The van der Waals surface area contributed by atoms with Gasteiger partial charge in [-0.05, 0) is 58.0 Å². The first-order valence-corrected chi connectivity index (χ1v) is 7.92. The summed E-state index contributed by atoms with van der Waals surface area (Å²) in [5.41, 5.74) is 6.16. The summed E-state index contributed by atoms with van der Waals surface area (Å²) in [6, 6.07) is 20.3. The maximum atomic E-state index is 3.65. The Hall–Kier alpha value is -1.60. The molecule has 2 aliphatic carbocycles. The van der Waals surface area contributed by atoms with E-state index >= 15 is 0 Å². The van der Waals surface area contributed by atoms with Crippen molar-refractivity contribution in [2.75, 3.05) is 0 Å². The zero-order valence-corrected chi connectivity index (χ0v) is 12.6. The molecule has 96 valence electrons. The molecule has 0 N–H and O–H groups in total. The fourth-order valence-corrected chi connectivity index (χ4v) is 4.28. The van der Waals surface area contributed by atoms with E-state index in [1.807, 2.05) is 0 Å². The lowest BCUT2D eigenvalue weighted by Gasteiger charge is -2.29. The Kier molecular flexibility index (Phi) is 1.96. The summed E-state index contributed by atoms with van der Waals surface area (Å²) in [6.45, 7) is 0. The molecule has 0 amide bonds. The molecule has 0 aromatic heterocycles. The van der Waals surface area contributed by atoms with Gasteiger partial charge in [0, 0.05) is 9.89 Å². The molecule has 20 heavy (non-hydrogen) atoms. The van der Waals surface area contributed by atoms with Gasteiger partial charge in [-0.1, -0.05) is 58.4 Å². The number of hydrogen-bond acceptors (Lipinski definition) is 0. The molecule has 0 aliphatic heterocycles. The number of halogens is 1. The van der Waals surface area contributed by atoms with Gasteiger partial charge in [-0.25, -0.2) is 0 Å². The molecule has 0 heterocycles. The summed E-state index contributed by atoms with van der Waals surface area (Å²) in [4.78, 5) is 0. The van der Waals surface area contributed by atoms with Crippen molar-refractivity contribution in [3.05, 3.63) is 70.2 Å². The lowest BCUT2D eigenvalue weighted by molar-refractivity contribution is 0.852. The fraction of sp³-hybridized carbons (Fsp3) is 0.158. The van der Waals surface area contributed by atoms with Crippen molar-refractivity contribution in [2.45, 2.75) is 18.3 Å². The van der Waals surface area contributed by atoms with Crippen molar-refractivity contribution in [3.8, 4) is 11.1 Å². The molecule has 0 bridgehead atoms. The first-order valence-electron chi connectivity index (χ1n) is 7.12. The van der Waals surface area contributed by atoms with Crippen LogP contribution in [0, 0.1) is 0 Å². The van der Waals surface area contributed by atoms with Gasteiger partial charge < -0.3 is 0 Å². The lowest BCUT2D eigenvalue weighted by Crippen LogP contribution is -2.15. The van der Waals surface area contributed by atoms with Crippen LogP contribution in [0.1, 0.15) is 24.0 Å². The smallest absolute Gasteiger partial charge is 0.0216 e. The average Bonchev–Trinajstić information content (AvgIpc) is 3.26. The van der Waals surface area contributed by atoms with Gasteiger partial charge in [-0.3, -0.25) is 0 Å². The molecule has 0 saturated heterocycles. The molecule has 5 rings (SSSR count). The van der Waals surface area contributed by atoms with E-state index in [1.54, 1.807) is 0 Å². The molecule has 1 heteroatoms. The van der Waals surface area contributed by atoms with E-state index in [0.717, 1.165) is 0 Å². The second-order valence-corrected chi connectivity index (χ2v) is 6.90. The highest BCUT2D eigenvalue weighted by Gasteiger charge is 2.50. The Balaban J connectivity index is 2.03. The van der Waals surface area contributed by atoms with Gasteiger partial charge in [0.15, 0.2) is 0 Å². The van der Waals surface area contributed by atoms with Gasteiger partial charge in [-0.15, -0.1) is 0 Å². The highest BCUT2D eigenvalue weighted by molar-refractivity contribution is 9.10. The van der Waals surface area contributed by atoms with Crippen LogP contribution < -0.4 is 0 Å². The predicted molar refractivity (Wildman–Crippen MR) is 87.1 cm³/mol. The van der Waals surface area contributed by atoms with Crippen molar-refractivity contribution in [1.29, 1.82) is 0 Å². The molecule has 1 spiro atoms. The quantitative estimate of drug-likeness (QED) is 0.501. The summed E-state index contributed by atoms with van der Waals surface area (Å²) in [5.74, 6) is 0. The van der Waals surface area contributed by atoms with Crippen LogP contribution >= 0.6 is 15.9 Å². The third-order valence-corrected chi connectivity index (χ3v) is 5.45. The van der Waals surface area contributed by atoms with Crippen LogP contribution in [-0.4, -0.2) is 0 Å². The molecule has 3 aromatic rings. The predicted octanol–water partition coefficient (Wildman–Crippen LogP) is 5.66. The number of rotatable bonds is 0. The van der Waals surface area contributed by atoms with Crippen LogP contribution in [-0.2, 0) is 5.41 Å². The summed E-state index contributed by atoms with van der Waals surface area (Å²) in [7, 11) is 0. The number of benzene rings is 3. The van der Waals surface area contributed by atoms with E-state index in [9.17, 15) is 0 Å². The Bertz CT molecular complexity index is 867. The highest BCUT2D eigenvalue weighted by Crippen LogP contribution is 2.61. The number of hydrogen-bond donors (Lipinski definition) is 0. The van der Waals surface area contributed by atoms with Gasteiger partial charge in [0.2, 0.25) is 0 Å². The Labute approximate surface area is 126 Å². The molecule has 0 nitrogen and oxygen atoms in total. The zero-order chi connectivity index (χ0) is 13.3.